The first-order chi connectivity index (χ1) is 9.76. The summed E-state index contributed by atoms with van der Waals surface area (Å²) in [5, 5.41) is 6.17. The number of carbonyl (C=O) groups excluding carboxylic acids is 1. The van der Waals surface area contributed by atoms with Crippen molar-refractivity contribution in [2.75, 3.05) is 17.2 Å². The van der Waals surface area contributed by atoms with Gasteiger partial charge in [-0.05, 0) is 37.3 Å². The minimum Gasteiger partial charge on any atom is -0.482 e. The van der Waals surface area contributed by atoms with Crippen molar-refractivity contribution in [2.45, 2.75) is 20.0 Å². The normalized spacial score (nSPS) is 13.3. The number of aryl methyl sites for hydroxylation is 1. The Hall–Kier alpha value is -2.43. The molecular weight excluding hydrogens is 254 g/mol. The summed E-state index contributed by atoms with van der Waals surface area (Å²) in [5.74, 6) is 0.599. The first-order valence-electron chi connectivity index (χ1n) is 6.71. The van der Waals surface area contributed by atoms with Crippen molar-refractivity contribution in [1.82, 2.24) is 4.57 Å². The van der Waals surface area contributed by atoms with E-state index in [1.54, 1.807) is 0 Å². The molecule has 1 amide bonds. The predicted octanol–water partition coefficient (Wildman–Crippen LogP) is 2.45. The Morgan fingerprint density at radius 3 is 3.15 bits per heavy atom. The number of benzene rings is 1. The number of fused-ring (bicyclic) bond motifs is 1. The molecule has 1 aliphatic rings. The molecule has 0 unspecified atom stereocenters. The van der Waals surface area contributed by atoms with E-state index in [1.165, 1.54) is 5.69 Å². The number of nitrogens with one attached hydrogen (secondary N) is 2. The van der Waals surface area contributed by atoms with E-state index in [2.05, 4.69) is 34.4 Å². The van der Waals surface area contributed by atoms with E-state index in [4.69, 9.17) is 4.74 Å². The fourth-order valence-corrected chi connectivity index (χ4v) is 2.30. The number of anilines is 2. The Labute approximate surface area is 117 Å². The minimum atomic E-state index is -0.116. The topological polar surface area (TPSA) is 55.3 Å². The molecule has 0 bridgehead atoms. The molecule has 2 heterocycles. The standard InChI is InChI=1S/C15H17N3O2/c1-2-18-7-3-4-12(18)9-16-11-5-6-14-13(8-11)17-15(19)10-20-14/h3-8,16H,2,9-10H2,1H3,(H,17,19). The van der Waals surface area contributed by atoms with E-state index in [-0.39, 0.29) is 12.5 Å². The van der Waals surface area contributed by atoms with Crippen LogP contribution in [0.1, 0.15) is 12.6 Å². The third kappa shape index (κ3) is 2.47. The summed E-state index contributed by atoms with van der Waals surface area (Å²) in [5.41, 5.74) is 2.90. The number of nitrogens with zero attached hydrogens (tertiary/aromatic N) is 1. The summed E-state index contributed by atoms with van der Waals surface area (Å²) in [7, 11) is 0. The molecule has 0 aliphatic carbocycles. The van der Waals surface area contributed by atoms with Crippen molar-refractivity contribution < 1.29 is 9.53 Å². The van der Waals surface area contributed by atoms with E-state index < -0.39 is 0 Å². The van der Waals surface area contributed by atoms with E-state index in [1.807, 2.05) is 24.3 Å². The molecule has 1 aromatic heterocycles. The van der Waals surface area contributed by atoms with Gasteiger partial charge in [0, 0.05) is 24.1 Å². The monoisotopic (exact) mass is 271 g/mol. The van der Waals surface area contributed by atoms with E-state index >= 15 is 0 Å². The molecule has 5 nitrogen and oxygen atoms in total. The number of ether oxygens (including phenoxy) is 1. The molecule has 0 saturated heterocycles. The van der Waals surface area contributed by atoms with Gasteiger partial charge in [-0.25, -0.2) is 0 Å². The molecule has 2 N–H and O–H groups in total. The van der Waals surface area contributed by atoms with Gasteiger partial charge in [0.25, 0.3) is 5.91 Å². The third-order valence-electron chi connectivity index (χ3n) is 3.35. The molecule has 3 rings (SSSR count). The zero-order chi connectivity index (χ0) is 13.9. The van der Waals surface area contributed by atoms with Gasteiger partial charge in [0.1, 0.15) is 5.75 Å². The van der Waals surface area contributed by atoms with Crippen LogP contribution < -0.4 is 15.4 Å². The summed E-state index contributed by atoms with van der Waals surface area (Å²) in [4.78, 5) is 11.3. The number of amides is 1. The van der Waals surface area contributed by atoms with Crippen LogP contribution in [-0.4, -0.2) is 17.1 Å². The zero-order valence-corrected chi connectivity index (χ0v) is 11.3. The second-order valence-electron chi connectivity index (χ2n) is 4.69. The van der Waals surface area contributed by atoms with Crippen LogP contribution in [0.4, 0.5) is 11.4 Å². The van der Waals surface area contributed by atoms with Gasteiger partial charge < -0.3 is 19.9 Å². The number of carbonyl (C=O) groups is 1. The van der Waals surface area contributed by atoms with Gasteiger partial charge in [-0.15, -0.1) is 0 Å². The molecule has 0 spiro atoms. The number of aromatic nitrogens is 1. The summed E-state index contributed by atoms with van der Waals surface area (Å²) < 4.78 is 7.52. The van der Waals surface area contributed by atoms with Crippen LogP contribution in [0.25, 0.3) is 0 Å². The van der Waals surface area contributed by atoms with Gasteiger partial charge in [-0.1, -0.05) is 0 Å². The van der Waals surface area contributed by atoms with Crippen molar-refractivity contribution in [3.8, 4) is 5.75 Å². The van der Waals surface area contributed by atoms with Crippen LogP contribution in [0.2, 0.25) is 0 Å². The molecule has 0 fully saturated rings. The van der Waals surface area contributed by atoms with E-state index in [9.17, 15) is 4.79 Å². The fourth-order valence-electron chi connectivity index (χ4n) is 2.30. The first-order valence-corrected chi connectivity index (χ1v) is 6.71. The van der Waals surface area contributed by atoms with Crippen LogP contribution >= 0.6 is 0 Å². The van der Waals surface area contributed by atoms with Crippen LogP contribution in [-0.2, 0) is 17.9 Å². The van der Waals surface area contributed by atoms with Crippen molar-refractivity contribution in [1.29, 1.82) is 0 Å². The molecule has 0 saturated carbocycles. The highest BCUT2D eigenvalue weighted by atomic mass is 16.5. The summed E-state index contributed by atoms with van der Waals surface area (Å²) >= 11 is 0. The summed E-state index contributed by atoms with van der Waals surface area (Å²) in [6.45, 7) is 3.91. The lowest BCUT2D eigenvalue weighted by atomic mass is 10.2. The molecule has 2 aromatic rings. The second kappa shape index (κ2) is 5.28. The maximum absolute atomic E-state index is 11.3. The molecule has 0 atom stereocenters. The number of hydrogen-bond acceptors (Lipinski definition) is 3. The fraction of sp³-hybridized carbons (Fsp3) is 0.267. The van der Waals surface area contributed by atoms with Crippen molar-refractivity contribution in [3.05, 3.63) is 42.2 Å². The third-order valence-corrected chi connectivity index (χ3v) is 3.35. The second-order valence-corrected chi connectivity index (χ2v) is 4.69. The Morgan fingerprint density at radius 2 is 2.30 bits per heavy atom. The highest BCUT2D eigenvalue weighted by Gasteiger charge is 2.15. The summed E-state index contributed by atoms with van der Waals surface area (Å²) in [6, 6.07) is 9.86. The molecule has 104 valence electrons. The van der Waals surface area contributed by atoms with Gasteiger partial charge in [-0.2, -0.15) is 0 Å². The average molecular weight is 271 g/mol. The molecule has 1 aromatic carbocycles. The van der Waals surface area contributed by atoms with E-state index in [0.29, 0.717) is 5.75 Å². The smallest absolute Gasteiger partial charge is 0.262 e. The van der Waals surface area contributed by atoms with Crippen LogP contribution in [0.5, 0.6) is 5.75 Å². The van der Waals surface area contributed by atoms with Crippen LogP contribution in [0, 0.1) is 0 Å². The lowest BCUT2D eigenvalue weighted by Crippen LogP contribution is -2.25. The zero-order valence-electron chi connectivity index (χ0n) is 11.3. The molecule has 20 heavy (non-hydrogen) atoms. The minimum absolute atomic E-state index is 0.0871. The quantitative estimate of drug-likeness (QED) is 0.898. The van der Waals surface area contributed by atoms with Gasteiger partial charge >= 0.3 is 0 Å². The Kier molecular flexibility index (Phi) is 3.33. The predicted molar refractivity (Wildman–Crippen MR) is 78.0 cm³/mol. The molecule has 0 radical (unpaired) electrons. The number of rotatable bonds is 4. The van der Waals surface area contributed by atoms with Gasteiger partial charge in [0.05, 0.1) is 12.2 Å². The Bertz CT molecular complexity index is 634. The molecular formula is C15H17N3O2. The SMILES string of the molecule is CCn1cccc1CNc1ccc2c(c1)NC(=O)CO2. The van der Waals surface area contributed by atoms with Crippen molar-refractivity contribution >= 4 is 17.3 Å². The average Bonchev–Trinajstić information content (AvgIpc) is 2.92. The van der Waals surface area contributed by atoms with Crippen molar-refractivity contribution in [3.63, 3.8) is 0 Å². The Morgan fingerprint density at radius 1 is 1.40 bits per heavy atom. The lowest BCUT2D eigenvalue weighted by molar-refractivity contribution is -0.118. The van der Waals surface area contributed by atoms with Crippen LogP contribution in [0.15, 0.2) is 36.5 Å². The largest absolute Gasteiger partial charge is 0.482 e. The Balaban J connectivity index is 1.72. The maximum Gasteiger partial charge on any atom is 0.262 e. The van der Waals surface area contributed by atoms with Gasteiger partial charge in [0.15, 0.2) is 6.61 Å². The lowest BCUT2D eigenvalue weighted by Gasteiger charge is -2.19. The number of hydrogen-bond donors (Lipinski definition) is 2. The maximum atomic E-state index is 11.3. The van der Waals surface area contributed by atoms with Gasteiger partial charge in [-0.3, -0.25) is 4.79 Å². The highest BCUT2D eigenvalue weighted by molar-refractivity contribution is 5.96. The molecule has 5 heteroatoms. The van der Waals surface area contributed by atoms with Crippen LogP contribution in [0.3, 0.4) is 0 Å². The highest BCUT2D eigenvalue weighted by Crippen LogP contribution is 2.30. The van der Waals surface area contributed by atoms with Gasteiger partial charge in [0.2, 0.25) is 0 Å². The summed E-state index contributed by atoms with van der Waals surface area (Å²) in [6.07, 6.45) is 2.07. The van der Waals surface area contributed by atoms with E-state index in [0.717, 1.165) is 24.5 Å². The first kappa shape index (κ1) is 12.6. The van der Waals surface area contributed by atoms with Crippen molar-refractivity contribution in [2.24, 2.45) is 0 Å². The molecule has 1 aliphatic heterocycles.